The molecule has 2 heterocycles. The highest BCUT2D eigenvalue weighted by atomic mass is 32.1. The Bertz CT molecular complexity index is 858. The van der Waals surface area contributed by atoms with Gasteiger partial charge in [0.05, 0.1) is 21.8 Å². The molecule has 24 heavy (non-hydrogen) atoms. The van der Waals surface area contributed by atoms with E-state index in [-0.39, 0.29) is 5.95 Å². The van der Waals surface area contributed by atoms with Crippen LogP contribution in [0, 0.1) is 6.92 Å². The lowest BCUT2D eigenvalue weighted by atomic mass is 10.2. The fraction of sp³-hybridized carbons (Fsp3) is 0.133. The van der Waals surface area contributed by atoms with Gasteiger partial charge in [-0.25, -0.2) is 15.0 Å². The molecule has 0 aliphatic heterocycles. The van der Waals surface area contributed by atoms with Crippen LogP contribution in [0.25, 0.3) is 10.6 Å². The lowest BCUT2D eigenvalue weighted by Crippen LogP contribution is -2.04. The van der Waals surface area contributed by atoms with Crippen LogP contribution in [0.1, 0.15) is 11.3 Å². The van der Waals surface area contributed by atoms with Crippen molar-refractivity contribution in [2.24, 2.45) is 0 Å². The van der Waals surface area contributed by atoms with E-state index in [0.29, 0.717) is 16.5 Å². The van der Waals surface area contributed by atoms with Crippen LogP contribution in [0.2, 0.25) is 0 Å². The lowest BCUT2D eigenvalue weighted by molar-refractivity contribution is -0.137. The Kier molecular flexibility index (Phi) is 4.10. The van der Waals surface area contributed by atoms with Gasteiger partial charge in [0, 0.05) is 11.9 Å². The van der Waals surface area contributed by atoms with Crippen LogP contribution >= 0.6 is 11.3 Å². The van der Waals surface area contributed by atoms with E-state index in [4.69, 9.17) is 5.73 Å². The van der Waals surface area contributed by atoms with Gasteiger partial charge in [0.2, 0.25) is 5.95 Å². The van der Waals surface area contributed by atoms with E-state index in [1.165, 1.54) is 23.5 Å². The molecule has 0 atom stereocenters. The van der Waals surface area contributed by atoms with E-state index in [9.17, 15) is 13.2 Å². The second kappa shape index (κ2) is 6.08. The Morgan fingerprint density at radius 3 is 2.42 bits per heavy atom. The largest absolute Gasteiger partial charge is 0.416 e. The van der Waals surface area contributed by atoms with E-state index < -0.39 is 11.7 Å². The third kappa shape index (κ3) is 3.46. The zero-order valence-corrected chi connectivity index (χ0v) is 13.2. The average Bonchev–Trinajstić information content (AvgIpc) is 2.87. The number of aryl methyl sites for hydroxylation is 1. The van der Waals surface area contributed by atoms with E-state index in [2.05, 4.69) is 20.3 Å². The molecular weight excluding hydrogens is 339 g/mol. The number of aromatic nitrogens is 3. The summed E-state index contributed by atoms with van der Waals surface area (Å²) in [5, 5.41) is 3.55. The second-order valence-corrected chi connectivity index (χ2v) is 5.93. The molecule has 0 bridgehead atoms. The quantitative estimate of drug-likeness (QED) is 0.737. The molecule has 3 aromatic rings. The van der Waals surface area contributed by atoms with Crippen molar-refractivity contribution < 1.29 is 13.2 Å². The summed E-state index contributed by atoms with van der Waals surface area (Å²) in [5.41, 5.74) is 6.80. The minimum atomic E-state index is -4.35. The molecule has 0 aliphatic rings. The Morgan fingerprint density at radius 1 is 1.08 bits per heavy atom. The van der Waals surface area contributed by atoms with Gasteiger partial charge in [-0.05, 0) is 37.3 Å². The van der Waals surface area contributed by atoms with Crippen molar-refractivity contribution in [1.29, 1.82) is 0 Å². The fourth-order valence-electron chi connectivity index (χ4n) is 2.05. The zero-order valence-electron chi connectivity index (χ0n) is 12.4. The summed E-state index contributed by atoms with van der Waals surface area (Å²) in [5.74, 6) is 0.164. The summed E-state index contributed by atoms with van der Waals surface area (Å²) in [6.07, 6.45) is -2.80. The molecule has 124 valence electrons. The fourth-order valence-corrected chi connectivity index (χ4v) is 3.01. The molecule has 0 saturated carbocycles. The number of hydrogen-bond acceptors (Lipinski definition) is 6. The molecule has 0 fully saturated rings. The summed E-state index contributed by atoms with van der Waals surface area (Å²) >= 11 is 1.34. The van der Waals surface area contributed by atoms with Crippen LogP contribution in [0.15, 0.2) is 36.5 Å². The second-order valence-electron chi connectivity index (χ2n) is 4.93. The maximum atomic E-state index is 12.6. The molecule has 0 amide bonds. The molecule has 0 aliphatic carbocycles. The number of hydrogen-bond donors (Lipinski definition) is 2. The van der Waals surface area contributed by atoms with E-state index in [0.717, 1.165) is 22.7 Å². The van der Waals surface area contributed by atoms with Crippen LogP contribution < -0.4 is 11.1 Å². The number of nitrogens with zero attached hydrogens (tertiary/aromatic N) is 3. The van der Waals surface area contributed by atoms with E-state index in [1.54, 1.807) is 12.3 Å². The molecule has 0 saturated heterocycles. The lowest BCUT2D eigenvalue weighted by Gasteiger charge is -2.07. The third-order valence-corrected chi connectivity index (χ3v) is 4.26. The number of nitrogen functional groups attached to an aromatic ring is 1. The topological polar surface area (TPSA) is 76.7 Å². The van der Waals surface area contributed by atoms with Crippen molar-refractivity contribution in [3.63, 3.8) is 0 Å². The average molecular weight is 351 g/mol. The van der Waals surface area contributed by atoms with Crippen LogP contribution in [-0.2, 0) is 6.18 Å². The highest BCUT2D eigenvalue weighted by Gasteiger charge is 2.29. The predicted octanol–water partition coefficient (Wildman–Crippen LogP) is 4.25. The third-order valence-electron chi connectivity index (χ3n) is 3.17. The molecule has 0 spiro atoms. The summed E-state index contributed by atoms with van der Waals surface area (Å²) in [6, 6.07) is 6.49. The number of thiazole rings is 1. The Balaban J connectivity index is 1.83. The maximum Gasteiger partial charge on any atom is 0.416 e. The van der Waals surface area contributed by atoms with Crippen molar-refractivity contribution in [2.75, 3.05) is 11.1 Å². The van der Waals surface area contributed by atoms with Gasteiger partial charge in [0.1, 0.15) is 0 Å². The molecule has 9 heteroatoms. The van der Waals surface area contributed by atoms with Crippen molar-refractivity contribution in [3.8, 4) is 10.6 Å². The minimum Gasteiger partial charge on any atom is -0.368 e. The van der Waals surface area contributed by atoms with Gasteiger partial charge >= 0.3 is 6.18 Å². The van der Waals surface area contributed by atoms with Crippen LogP contribution in [0.4, 0.5) is 29.9 Å². The van der Waals surface area contributed by atoms with Gasteiger partial charge in [-0.15, -0.1) is 0 Å². The highest BCUT2D eigenvalue weighted by molar-refractivity contribution is 7.19. The molecule has 5 nitrogen and oxygen atoms in total. The summed E-state index contributed by atoms with van der Waals surface area (Å²) in [4.78, 5) is 13.2. The first-order valence-electron chi connectivity index (χ1n) is 6.83. The summed E-state index contributed by atoms with van der Waals surface area (Å²) in [6.45, 7) is 1.82. The first kappa shape index (κ1) is 16.2. The number of nitrogens with two attached hydrogens (primary N) is 1. The van der Waals surface area contributed by atoms with Crippen LogP contribution in [-0.4, -0.2) is 15.0 Å². The number of rotatable bonds is 3. The first-order chi connectivity index (χ1) is 11.3. The van der Waals surface area contributed by atoms with Gasteiger partial charge in [-0.3, -0.25) is 0 Å². The first-order valence-corrected chi connectivity index (χ1v) is 7.65. The zero-order chi connectivity index (χ0) is 17.3. The molecular formula is C15H12F3N5S. The van der Waals surface area contributed by atoms with E-state index >= 15 is 0 Å². The van der Waals surface area contributed by atoms with Crippen LogP contribution in [0.3, 0.4) is 0 Å². The minimum absolute atomic E-state index is 0.164. The van der Waals surface area contributed by atoms with Crippen molar-refractivity contribution in [1.82, 2.24) is 15.0 Å². The van der Waals surface area contributed by atoms with E-state index in [1.807, 2.05) is 6.92 Å². The number of nitrogens with one attached hydrogen (secondary N) is 1. The molecule has 1 aromatic carbocycles. The highest BCUT2D eigenvalue weighted by Crippen LogP contribution is 2.34. The molecule has 3 N–H and O–H groups in total. The van der Waals surface area contributed by atoms with Crippen molar-refractivity contribution in [2.45, 2.75) is 13.1 Å². The normalized spacial score (nSPS) is 11.5. The summed E-state index contributed by atoms with van der Waals surface area (Å²) in [7, 11) is 0. The smallest absolute Gasteiger partial charge is 0.368 e. The number of alkyl halides is 3. The van der Waals surface area contributed by atoms with Gasteiger partial charge in [-0.2, -0.15) is 13.2 Å². The Labute approximate surface area is 139 Å². The standard InChI is InChI=1S/C15H12F3N5S/c1-8-12(11-6-7-20-13(19)23-11)24-14(21-8)22-10-4-2-9(3-5-10)15(16,17)18/h2-7H,1H3,(H,21,22)(H2,19,20,23). The van der Waals surface area contributed by atoms with Gasteiger partial charge in [0.15, 0.2) is 5.13 Å². The van der Waals surface area contributed by atoms with Crippen LogP contribution in [0.5, 0.6) is 0 Å². The number of anilines is 3. The van der Waals surface area contributed by atoms with Gasteiger partial charge in [0.25, 0.3) is 0 Å². The monoisotopic (exact) mass is 351 g/mol. The number of benzene rings is 1. The van der Waals surface area contributed by atoms with Crippen molar-refractivity contribution >= 4 is 28.1 Å². The van der Waals surface area contributed by atoms with Crippen molar-refractivity contribution in [3.05, 3.63) is 47.8 Å². The van der Waals surface area contributed by atoms with Gasteiger partial charge < -0.3 is 11.1 Å². The summed E-state index contributed by atoms with van der Waals surface area (Å²) < 4.78 is 37.7. The molecule has 2 aromatic heterocycles. The SMILES string of the molecule is Cc1nc(Nc2ccc(C(F)(F)F)cc2)sc1-c1ccnc(N)n1. The molecule has 3 rings (SSSR count). The Hall–Kier alpha value is -2.68. The maximum absolute atomic E-state index is 12.6. The molecule has 0 radical (unpaired) electrons. The van der Waals surface area contributed by atoms with Gasteiger partial charge in [-0.1, -0.05) is 11.3 Å². The Morgan fingerprint density at radius 2 is 1.79 bits per heavy atom. The predicted molar refractivity (Wildman–Crippen MR) is 87.0 cm³/mol. The number of halogens is 3. The molecule has 0 unspecified atom stereocenters.